The molecule has 112 valence electrons. The molecule has 0 saturated carbocycles. The van der Waals surface area contributed by atoms with Crippen LogP contribution in [0.15, 0.2) is 18.2 Å². The highest BCUT2D eigenvalue weighted by molar-refractivity contribution is 5.32. The van der Waals surface area contributed by atoms with Crippen LogP contribution in [0, 0.1) is 12.8 Å². The summed E-state index contributed by atoms with van der Waals surface area (Å²) in [5.74, 6) is 0.491. The average Bonchev–Trinajstić information content (AvgIpc) is 2.79. The summed E-state index contributed by atoms with van der Waals surface area (Å²) in [5.41, 5.74) is 6.98. The largest absolute Gasteiger partial charge is 0.416 e. The molecule has 0 radical (unpaired) electrons. The third-order valence-corrected chi connectivity index (χ3v) is 4.12. The minimum absolute atomic E-state index is 0.175. The molecule has 1 aromatic carbocycles. The summed E-state index contributed by atoms with van der Waals surface area (Å²) in [5, 5.41) is 0. The maximum atomic E-state index is 12.6. The van der Waals surface area contributed by atoms with Crippen molar-refractivity contribution in [2.45, 2.75) is 39.0 Å². The van der Waals surface area contributed by atoms with Crippen LogP contribution in [0.3, 0.4) is 0 Å². The van der Waals surface area contributed by atoms with E-state index in [2.05, 4.69) is 4.90 Å². The van der Waals surface area contributed by atoms with E-state index in [0.717, 1.165) is 25.1 Å². The topological polar surface area (TPSA) is 29.3 Å². The van der Waals surface area contributed by atoms with Crippen LogP contribution in [-0.2, 0) is 12.7 Å². The van der Waals surface area contributed by atoms with Gasteiger partial charge in [-0.3, -0.25) is 4.90 Å². The second-order valence-electron chi connectivity index (χ2n) is 5.78. The van der Waals surface area contributed by atoms with Crippen molar-refractivity contribution in [3.63, 3.8) is 0 Å². The number of rotatable bonds is 3. The lowest BCUT2D eigenvalue weighted by molar-refractivity contribution is -0.137. The Morgan fingerprint density at radius 2 is 2.10 bits per heavy atom. The molecule has 0 amide bonds. The second-order valence-corrected chi connectivity index (χ2v) is 5.78. The molecular weight excluding hydrogens is 265 g/mol. The van der Waals surface area contributed by atoms with Gasteiger partial charge in [0.15, 0.2) is 0 Å². The first kappa shape index (κ1) is 15.3. The summed E-state index contributed by atoms with van der Waals surface area (Å²) < 4.78 is 37.9. The van der Waals surface area contributed by atoms with E-state index in [1.807, 2.05) is 6.92 Å². The van der Waals surface area contributed by atoms with Gasteiger partial charge >= 0.3 is 6.18 Å². The molecule has 0 aromatic heterocycles. The Kier molecular flexibility index (Phi) is 4.39. The number of alkyl halides is 3. The molecule has 0 aliphatic carbocycles. The second kappa shape index (κ2) is 5.74. The lowest BCUT2D eigenvalue weighted by Gasteiger charge is -2.19. The molecular formula is C15H21F3N2. The molecule has 1 aromatic rings. The van der Waals surface area contributed by atoms with Gasteiger partial charge in [-0.2, -0.15) is 13.2 Å². The summed E-state index contributed by atoms with van der Waals surface area (Å²) in [6.07, 6.45) is -3.20. The lowest BCUT2D eigenvalue weighted by Crippen LogP contribution is -2.29. The first-order chi connectivity index (χ1) is 9.27. The van der Waals surface area contributed by atoms with E-state index in [-0.39, 0.29) is 6.04 Å². The van der Waals surface area contributed by atoms with Crippen LogP contribution >= 0.6 is 0 Å². The van der Waals surface area contributed by atoms with Crippen LogP contribution in [-0.4, -0.2) is 24.0 Å². The number of aryl methyl sites for hydroxylation is 1. The Bertz CT molecular complexity index is 469. The van der Waals surface area contributed by atoms with E-state index >= 15 is 0 Å². The highest BCUT2D eigenvalue weighted by Gasteiger charge is 2.31. The molecule has 2 rings (SSSR count). The van der Waals surface area contributed by atoms with E-state index in [0.29, 0.717) is 18.0 Å². The van der Waals surface area contributed by atoms with Crippen molar-refractivity contribution in [3.05, 3.63) is 34.9 Å². The molecule has 2 N–H and O–H groups in total. The standard InChI is InChI=1S/C15H21F3N2/c1-10-7-14(15(16,17)18)4-3-12(10)8-20-6-5-13(9-20)11(2)19/h3-4,7,11,13H,5-6,8-9,19H2,1-2H3. The third-order valence-electron chi connectivity index (χ3n) is 4.12. The van der Waals surface area contributed by atoms with Crippen LogP contribution in [0.4, 0.5) is 13.2 Å². The van der Waals surface area contributed by atoms with Gasteiger partial charge in [-0.15, -0.1) is 0 Å². The molecule has 2 unspecified atom stereocenters. The van der Waals surface area contributed by atoms with Gasteiger partial charge in [0, 0.05) is 19.1 Å². The zero-order valence-corrected chi connectivity index (χ0v) is 11.9. The highest BCUT2D eigenvalue weighted by atomic mass is 19.4. The van der Waals surface area contributed by atoms with Crippen LogP contribution < -0.4 is 5.73 Å². The Hall–Kier alpha value is -1.07. The lowest BCUT2D eigenvalue weighted by atomic mass is 10.0. The predicted octanol–water partition coefficient (Wildman–Crippen LogP) is 3.18. The molecule has 5 heteroatoms. The van der Waals surface area contributed by atoms with Crippen molar-refractivity contribution in [3.8, 4) is 0 Å². The zero-order chi connectivity index (χ0) is 14.9. The van der Waals surface area contributed by atoms with Gasteiger partial charge in [0.2, 0.25) is 0 Å². The van der Waals surface area contributed by atoms with E-state index in [4.69, 9.17) is 5.73 Å². The number of halogens is 3. The van der Waals surface area contributed by atoms with Crippen molar-refractivity contribution in [1.29, 1.82) is 0 Å². The van der Waals surface area contributed by atoms with Crippen molar-refractivity contribution in [2.24, 2.45) is 11.7 Å². The van der Waals surface area contributed by atoms with Gasteiger partial charge in [-0.1, -0.05) is 6.07 Å². The smallest absolute Gasteiger partial charge is 0.328 e. The van der Waals surface area contributed by atoms with Crippen molar-refractivity contribution < 1.29 is 13.2 Å². The van der Waals surface area contributed by atoms with Gasteiger partial charge < -0.3 is 5.73 Å². The van der Waals surface area contributed by atoms with E-state index in [1.54, 1.807) is 13.0 Å². The fourth-order valence-corrected chi connectivity index (χ4v) is 2.73. The summed E-state index contributed by atoms with van der Waals surface area (Å²) in [7, 11) is 0. The molecule has 2 nitrogen and oxygen atoms in total. The SMILES string of the molecule is Cc1cc(C(F)(F)F)ccc1CN1CCC(C(C)N)C1. The van der Waals surface area contributed by atoms with Crippen molar-refractivity contribution in [2.75, 3.05) is 13.1 Å². The minimum atomic E-state index is -4.27. The quantitative estimate of drug-likeness (QED) is 0.924. The summed E-state index contributed by atoms with van der Waals surface area (Å²) in [6, 6.07) is 4.17. The summed E-state index contributed by atoms with van der Waals surface area (Å²) >= 11 is 0. The van der Waals surface area contributed by atoms with Crippen LogP contribution in [0.2, 0.25) is 0 Å². The molecule has 1 aliphatic rings. The number of benzene rings is 1. The highest BCUT2D eigenvalue weighted by Crippen LogP contribution is 2.31. The number of likely N-dealkylation sites (tertiary alicyclic amines) is 1. The summed E-state index contributed by atoms with van der Waals surface area (Å²) in [4.78, 5) is 2.27. The number of nitrogens with two attached hydrogens (primary N) is 1. The third kappa shape index (κ3) is 3.52. The Labute approximate surface area is 117 Å². The Morgan fingerprint density at radius 3 is 2.60 bits per heavy atom. The van der Waals surface area contributed by atoms with E-state index in [9.17, 15) is 13.2 Å². The monoisotopic (exact) mass is 286 g/mol. The van der Waals surface area contributed by atoms with Gasteiger partial charge in [0.1, 0.15) is 0 Å². The molecule has 0 spiro atoms. The van der Waals surface area contributed by atoms with E-state index in [1.165, 1.54) is 12.1 Å². The molecule has 2 atom stereocenters. The molecule has 1 saturated heterocycles. The first-order valence-electron chi connectivity index (χ1n) is 6.92. The summed E-state index contributed by atoms with van der Waals surface area (Å²) in [6.45, 7) is 6.35. The molecule has 0 bridgehead atoms. The Balaban J connectivity index is 2.04. The molecule has 1 heterocycles. The molecule has 20 heavy (non-hydrogen) atoms. The van der Waals surface area contributed by atoms with Gasteiger partial charge in [-0.25, -0.2) is 0 Å². The first-order valence-corrected chi connectivity index (χ1v) is 6.92. The molecule has 1 fully saturated rings. The zero-order valence-electron chi connectivity index (χ0n) is 11.9. The fourth-order valence-electron chi connectivity index (χ4n) is 2.73. The van der Waals surface area contributed by atoms with Gasteiger partial charge in [0.25, 0.3) is 0 Å². The minimum Gasteiger partial charge on any atom is -0.328 e. The fraction of sp³-hybridized carbons (Fsp3) is 0.600. The van der Waals surface area contributed by atoms with E-state index < -0.39 is 11.7 Å². The van der Waals surface area contributed by atoms with Crippen LogP contribution in [0.1, 0.15) is 30.0 Å². The average molecular weight is 286 g/mol. The maximum Gasteiger partial charge on any atom is 0.416 e. The van der Waals surface area contributed by atoms with Crippen LogP contribution in [0.25, 0.3) is 0 Å². The van der Waals surface area contributed by atoms with Crippen molar-refractivity contribution >= 4 is 0 Å². The number of hydrogen-bond acceptors (Lipinski definition) is 2. The predicted molar refractivity (Wildman–Crippen MR) is 73.2 cm³/mol. The normalized spacial score (nSPS) is 22.2. The molecule has 1 aliphatic heterocycles. The Morgan fingerprint density at radius 1 is 1.40 bits per heavy atom. The van der Waals surface area contributed by atoms with Gasteiger partial charge in [-0.05, 0) is 56.0 Å². The van der Waals surface area contributed by atoms with Crippen molar-refractivity contribution in [1.82, 2.24) is 4.90 Å². The number of hydrogen-bond donors (Lipinski definition) is 1. The number of nitrogens with zero attached hydrogens (tertiary/aromatic N) is 1. The maximum absolute atomic E-state index is 12.6. The van der Waals surface area contributed by atoms with Gasteiger partial charge in [0.05, 0.1) is 5.56 Å². The van der Waals surface area contributed by atoms with Crippen LogP contribution in [0.5, 0.6) is 0 Å².